The van der Waals surface area contributed by atoms with E-state index in [9.17, 15) is 14.4 Å². The van der Waals surface area contributed by atoms with Gasteiger partial charge in [-0.25, -0.2) is 9.59 Å². The average molecular weight is 334 g/mol. The van der Waals surface area contributed by atoms with E-state index in [1.54, 1.807) is 26.0 Å². The summed E-state index contributed by atoms with van der Waals surface area (Å²) in [5.41, 5.74) is 0.157. The number of amides is 2. The van der Waals surface area contributed by atoms with Crippen molar-refractivity contribution in [2.24, 2.45) is 10.9 Å². The van der Waals surface area contributed by atoms with Crippen LogP contribution < -0.4 is 5.32 Å². The molecule has 2 heterocycles. The molecule has 0 spiro atoms. The Morgan fingerprint density at radius 3 is 2.88 bits per heavy atom. The predicted molar refractivity (Wildman–Crippen MR) is 84.3 cm³/mol. The lowest BCUT2D eigenvalue weighted by Gasteiger charge is -2.27. The first kappa shape index (κ1) is 17.5. The van der Waals surface area contributed by atoms with E-state index in [-0.39, 0.29) is 18.9 Å². The molecular weight excluding hydrogens is 316 g/mol. The predicted octanol–water partition coefficient (Wildman–Crippen LogP) is 1.57. The molecule has 1 aliphatic heterocycles. The Morgan fingerprint density at radius 2 is 2.21 bits per heavy atom. The fourth-order valence-corrected chi connectivity index (χ4v) is 2.22. The Balaban J connectivity index is 2.00. The second kappa shape index (κ2) is 8.09. The molecule has 0 aromatic carbocycles. The zero-order chi connectivity index (χ0) is 17.5. The van der Waals surface area contributed by atoms with Crippen molar-refractivity contribution in [2.75, 3.05) is 13.2 Å². The number of rotatable bonds is 6. The lowest BCUT2D eigenvalue weighted by molar-refractivity contribution is -0.146. The van der Waals surface area contributed by atoms with E-state index in [1.165, 1.54) is 18.4 Å². The van der Waals surface area contributed by atoms with Crippen LogP contribution in [0, 0.1) is 5.92 Å². The second-order valence-electron chi connectivity index (χ2n) is 5.03. The summed E-state index contributed by atoms with van der Waals surface area (Å²) in [6.07, 6.45) is 4.11. The zero-order valence-corrected chi connectivity index (χ0v) is 13.4. The molecule has 2 unspecified atom stereocenters. The molecule has 0 radical (unpaired) electrons. The van der Waals surface area contributed by atoms with Crippen molar-refractivity contribution in [3.8, 4) is 0 Å². The van der Waals surface area contributed by atoms with Gasteiger partial charge in [0.2, 0.25) is 0 Å². The van der Waals surface area contributed by atoms with Crippen molar-refractivity contribution in [1.82, 2.24) is 5.32 Å². The van der Waals surface area contributed by atoms with Crippen LogP contribution in [-0.2, 0) is 19.1 Å². The van der Waals surface area contributed by atoms with Crippen LogP contribution in [0.5, 0.6) is 0 Å². The minimum Gasteiger partial charge on any atom is -0.465 e. The molecule has 2 atom stereocenters. The Morgan fingerprint density at radius 1 is 1.42 bits per heavy atom. The SMILES string of the molecule is CCOC(=O)C1C(COC(=O)/C=C/c2ccco2)=NC(=O)NC1C. The number of hydrogen-bond acceptors (Lipinski definition) is 6. The number of esters is 2. The molecule has 0 fully saturated rings. The van der Waals surface area contributed by atoms with Crippen molar-refractivity contribution < 1.29 is 28.3 Å². The van der Waals surface area contributed by atoms with E-state index in [0.29, 0.717) is 5.76 Å². The minimum absolute atomic E-state index is 0.157. The molecule has 2 amide bonds. The van der Waals surface area contributed by atoms with Gasteiger partial charge >= 0.3 is 18.0 Å². The Bertz CT molecular complexity index is 662. The molecular formula is C16H18N2O6. The number of carbonyl (C=O) groups excluding carboxylic acids is 3. The first-order valence-corrected chi connectivity index (χ1v) is 7.44. The maximum atomic E-state index is 12.0. The lowest BCUT2D eigenvalue weighted by Crippen LogP contribution is -2.50. The number of furan rings is 1. The molecule has 24 heavy (non-hydrogen) atoms. The molecule has 0 aliphatic carbocycles. The molecule has 0 bridgehead atoms. The number of aliphatic imine (C=N–C) groups is 1. The molecule has 1 aliphatic rings. The number of hydrogen-bond donors (Lipinski definition) is 1. The van der Waals surface area contributed by atoms with Crippen molar-refractivity contribution in [2.45, 2.75) is 19.9 Å². The molecule has 128 valence electrons. The van der Waals surface area contributed by atoms with E-state index in [4.69, 9.17) is 13.9 Å². The van der Waals surface area contributed by atoms with Gasteiger partial charge in [0.1, 0.15) is 18.3 Å². The first-order valence-electron chi connectivity index (χ1n) is 7.44. The van der Waals surface area contributed by atoms with Crippen LogP contribution in [0.3, 0.4) is 0 Å². The van der Waals surface area contributed by atoms with Gasteiger partial charge < -0.3 is 19.2 Å². The van der Waals surface area contributed by atoms with Crippen LogP contribution in [0.25, 0.3) is 6.08 Å². The van der Waals surface area contributed by atoms with Crippen LogP contribution in [-0.4, -0.2) is 42.9 Å². The van der Waals surface area contributed by atoms with Crippen molar-refractivity contribution in [3.63, 3.8) is 0 Å². The Labute approximate surface area is 138 Å². The summed E-state index contributed by atoms with van der Waals surface area (Å²) in [5.74, 6) is -1.45. The van der Waals surface area contributed by atoms with Gasteiger partial charge in [-0.3, -0.25) is 4.79 Å². The summed E-state index contributed by atoms with van der Waals surface area (Å²) in [5, 5.41) is 2.54. The Hall–Kier alpha value is -2.90. The molecule has 0 saturated carbocycles. The summed E-state index contributed by atoms with van der Waals surface area (Å²) >= 11 is 0. The highest BCUT2D eigenvalue weighted by molar-refractivity contribution is 6.10. The third-order valence-electron chi connectivity index (χ3n) is 3.29. The summed E-state index contributed by atoms with van der Waals surface area (Å²) in [7, 11) is 0. The van der Waals surface area contributed by atoms with Gasteiger partial charge in [-0.2, -0.15) is 4.99 Å². The molecule has 2 rings (SSSR count). The molecule has 8 nitrogen and oxygen atoms in total. The molecule has 1 aromatic rings. The van der Waals surface area contributed by atoms with E-state index in [0.717, 1.165) is 0 Å². The fraction of sp³-hybridized carbons (Fsp3) is 0.375. The lowest BCUT2D eigenvalue weighted by atomic mass is 9.94. The third kappa shape index (κ3) is 4.55. The van der Waals surface area contributed by atoms with Gasteiger partial charge in [-0.1, -0.05) is 0 Å². The minimum atomic E-state index is -0.787. The summed E-state index contributed by atoms with van der Waals surface area (Å²) in [4.78, 5) is 39.0. The van der Waals surface area contributed by atoms with Crippen LogP contribution in [0.4, 0.5) is 4.79 Å². The van der Waals surface area contributed by atoms with Crippen LogP contribution >= 0.6 is 0 Å². The highest BCUT2D eigenvalue weighted by Crippen LogP contribution is 2.15. The third-order valence-corrected chi connectivity index (χ3v) is 3.29. The van der Waals surface area contributed by atoms with Crippen LogP contribution in [0.2, 0.25) is 0 Å². The zero-order valence-electron chi connectivity index (χ0n) is 13.4. The molecule has 0 saturated heterocycles. The van der Waals surface area contributed by atoms with E-state index >= 15 is 0 Å². The number of nitrogens with one attached hydrogen (secondary N) is 1. The highest BCUT2D eigenvalue weighted by atomic mass is 16.5. The summed E-state index contributed by atoms with van der Waals surface area (Å²) in [6.45, 7) is 3.27. The van der Waals surface area contributed by atoms with Crippen LogP contribution in [0.15, 0.2) is 33.9 Å². The Kier molecular flexibility index (Phi) is 5.89. The number of ether oxygens (including phenoxy) is 2. The number of carbonyl (C=O) groups is 3. The van der Waals surface area contributed by atoms with Gasteiger partial charge in [-0.05, 0) is 32.1 Å². The highest BCUT2D eigenvalue weighted by Gasteiger charge is 2.36. The second-order valence-corrected chi connectivity index (χ2v) is 5.03. The van der Waals surface area contributed by atoms with E-state index < -0.39 is 29.9 Å². The van der Waals surface area contributed by atoms with E-state index in [1.807, 2.05) is 0 Å². The number of urea groups is 1. The van der Waals surface area contributed by atoms with Gasteiger partial charge in [0.05, 0.1) is 18.6 Å². The van der Waals surface area contributed by atoms with Crippen molar-refractivity contribution in [1.29, 1.82) is 0 Å². The first-order chi connectivity index (χ1) is 11.5. The van der Waals surface area contributed by atoms with Gasteiger partial charge in [0.15, 0.2) is 0 Å². The van der Waals surface area contributed by atoms with Crippen molar-refractivity contribution in [3.05, 3.63) is 30.2 Å². The van der Waals surface area contributed by atoms with Gasteiger partial charge in [0, 0.05) is 12.1 Å². The fourth-order valence-electron chi connectivity index (χ4n) is 2.22. The van der Waals surface area contributed by atoms with Gasteiger partial charge in [-0.15, -0.1) is 0 Å². The average Bonchev–Trinajstić information content (AvgIpc) is 3.03. The number of nitrogens with zero attached hydrogens (tertiary/aromatic N) is 1. The van der Waals surface area contributed by atoms with Crippen molar-refractivity contribution >= 4 is 29.8 Å². The van der Waals surface area contributed by atoms with E-state index in [2.05, 4.69) is 10.3 Å². The molecule has 1 aromatic heterocycles. The topological polar surface area (TPSA) is 107 Å². The summed E-state index contributed by atoms with van der Waals surface area (Å²) < 4.78 is 15.1. The largest absolute Gasteiger partial charge is 0.465 e. The standard InChI is InChI=1S/C16H18N2O6/c1-3-22-15(20)14-10(2)17-16(21)18-12(14)9-24-13(19)7-6-11-5-4-8-23-11/h4-8,10,14H,3,9H2,1-2H3,(H,17,21)/b7-6+. The smallest absolute Gasteiger partial charge is 0.341 e. The maximum absolute atomic E-state index is 12.0. The monoisotopic (exact) mass is 334 g/mol. The van der Waals surface area contributed by atoms with Crippen LogP contribution in [0.1, 0.15) is 19.6 Å². The summed E-state index contributed by atoms with van der Waals surface area (Å²) in [6, 6.07) is 2.28. The van der Waals surface area contributed by atoms with Gasteiger partial charge in [0.25, 0.3) is 0 Å². The normalized spacial score (nSPS) is 20.4. The molecule has 1 N–H and O–H groups in total. The quantitative estimate of drug-likeness (QED) is 0.625. The maximum Gasteiger partial charge on any atom is 0.341 e. The molecule has 8 heteroatoms.